The second-order valence-electron chi connectivity index (χ2n) is 5.57. The van der Waals surface area contributed by atoms with Gasteiger partial charge in [-0.15, -0.1) is 11.3 Å². The quantitative estimate of drug-likeness (QED) is 0.820. The van der Waals surface area contributed by atoms with E-state index in [9.17, 15) is 21.6 Å². The van der Waals surface area contributed by atoms with Crippen LogP contribution in [0.3, 0.4) is 0 Å². The van der Waals surface area contributed by atoms with Crippen molar-refractivity contribution in [2.75, 3.05) is 6.54 Å². The number of hydrogen-bond acceptors (Lipinski definition) is 4. The van der Waals surface area contributed by atoms with Crippen LogP contribution in [0.5, 0.6) is 0 Å². The molecule has 1 atom stereocenters. The molecule has 3 rings (SSSR count). The van der Waals surface area contributed by atoms with Gasteiger partial charge in [-0.1, -0.05) is 30.3 Å². The minimum absolute atomic E-state index is 0.0581. The third-order valence-corrected chi connectivity index (χ3v) is 7.14. The highest BCUT2D eigenvalue weighted by Crippen LogP contribution is 2.39. The molecule has 0 bridgehead atoms. The van der Waals surface area contributed by atoms with E-state index in [-0.39, 0.29) is 23.0 Å². The molecule has 130 valence electrons. The van der Waals surface area contributed by atoms with Gasteiger partial charge in [0.05, 0.1) is 16.4 Å². The fourth-order valence-corrected chi connectivity index (χ4v) is 5.84. The van der Waals surface area contributed by atoms with Crippen LogP contribution in [0.15, 0.2) is 30.3 Å². The zero-order valence-corrected chi connectivity index (χ0v) is 14.4. The lowest BCUT2D eigenvalue weighted by Gasteiger charge is -2.17. The van der Waals surface area contributed by atoms with E-state index in [1.807, 2.05) is 0 Å². The molecular formula is C15H15F3N2O2S2. The van der Waals surface area contributed by atoms with E-state index in [0.717, 1.165) is 15.6 Å². The smallest absolute Gasteiger partial charge is 0.237 e. The van der Waals surface area contributed by atoms with Gasteiger partial charge in [0, 0.05) is 6.54 Å². The Morgan fingerprint density at radius 1 is 1.29 bits per heavy atom. The molecule has 0 radical (unpaired) electrons. The molecule has 2 aromatic rings. The number of aromatic nitrogens is 1. The normalized spacial score (nSPS) is 21.2. The Labute approximate surface area is 142 Å². The maximum atomic E-state index is 13.0. The first-order valence-electron chi connectivity index (χ1n) is 7.27. The van der Waals surface area contributed by atoms with Gasteiger partial charge in [0.2, 0.25) is 10.0 Å². The van der Waals surface area contributed by atoms with E-state index in [2.05, 4.69) is 4.98 Å². The zero-order chi connectivity index (χ0) is 17.5. The summed E-state index contributed by atoms with van der Waals surface area (Å²) < 4.78 is 65.7. The summed E-state index contributed by atoms with van der Waals surface area (Å²) in [7, 11) is -3.69. The third kappa shape index (κ3) is 3.20. The maximum absolute atomic E-state index is 13.0. The Kier molecular flexibility index (Phi) is 4.43. The van der Waals surface area contributed by atoms with Crippen molar-refractivity contribution in [3.63, 3.8) is 0 Å². The van der Waals surface area contributed by atoms with E-state index in [0.29, 0.717) is 12.0 Å². The molecule has 0 saturated carbocycles. The first-order chi connectivity index (χ1) is 11.2. The zero-order valence-electron chi connectivity index (χ0n) is 12.7. The van der Waals surface area contributed by atoms with Crippen LogP contribution in [0.1, 0.15) is 32.8 Å². The number of nitrogens with zero attached hydrogens (tertiary/aromatic N) is 2. The van der Waals surface area contributed by atoms with Crippen molar-refractivity contribution >= 4 is 21.4 Å². The molecule has 0 aliphatic carbocycles. The Hall–Kier alpha value is -1.45. The SMILES string of the molecule is Cc1nc(C(F)(F)F)c(CN2CCC(c3ccccc3)S2(=O)=O)s1. The van der Waals surface area contributed by atoms with Crippen LogP contribution in [-0.2, 0) is 22.7 Å². The molecule has 2 heterocycles. The molecule has 1 aliphatic rings. The first kappa shape index (κ1) is 17.4. The number of hydrogen-bond donors (Lipinski definition) is 0. The van der Waals surface area contributed by atoms with Gasteiger partial charge in [-0.25, -0.2) is 13.4 Å². The van der Waals surface area contributed by atoms with Crippen molar-refractivity contribution in [1.29, 1.82) is 0 Å². The van der Waals surface area contributed by atoms with Gasteiger partial charge in [0.15, 0.2) is 5.69 Å². The average molecular weight is 376 g/mol. The molecule has 1 saturated heterocycles. The summed E-state index contributed by atoms with van der Waals surface area (Å²) in [6, 6.07) is 8.75. The number of halogens is 3. The summed E-state index contributed by atoms with van der Waals surface area (Å²) in [5, 5.41) is -0.435. The van der Waals surface area contributed by atoms with E-state index in [1.165, 1.54) is 6.92 Å². The second kappa shape index (κ2) is 6.12. The standard InChI is InChI=1S/C15H15F3N2O2S2/c1-10-19-14(15(16,17)18)12(23-10)9-20-8-7-13(24(20,21)22)11-5-3-2-4-6-11/h2-6,13H,7-9H2,1H3. The van der Waals surface area contributed by atoms with Gasteiger partial charge in [-0.05, 0) is 18.9 Å². The van der Waals surface area contributed by atoms with Crippen molar-refractivity contribution in [1.82, 2.24) is 9.29 Å². The van der Waals surface area contributed by atoms with Crippen LogP contribution in [0.4, 0.5) is 13.2 Å². The summed E-state index contributed by atoms with van der Waals surface area (Å²) in [4.78, 5) is 3.46. The van der Waals surface area contributed by atoms with Crippen molar-refractivity contribution in [2.24, 2.45) is 0 Å². The molecule has 24 heavy (non-hydrogen) atoms. The molecule has 4 nitrogen and oxygen atoms in total. The van der Waals surface area contributed by atoms with Crippen molar-refractivity contribution in [3.8, 4) is 0 Å². The van der Waals surface area contributed by atoms with E-state index < -0.39 is 27.1 Å². The largest absolute Gasteiger partial charge is 0.434 e. The predicted octanol–water partition coefficient (Wildman–Crippen LogP) is 3.75. The number of aryl methyl sites for hydroxylation is 1. The summed E-state index contributed by atoms with van der Waals surface area (Å²) in [6.07, 6.45) is -4.21. The van der Waals surface area contributed by atoms with Crippen LogP contribution < -0.4 is 0 Å². The third-order valence-electron chi connectivity index (χ3n) is 3.92. The topological polar surface area (TPSA) is 50.3 Å². The lowest BCUT2D eigenvalue weighted by atomic mass is 10.1. The number of thiazole rings is 1. The highest BCUT2D eigenvalue weighted by atomic mass is 32.2. The summed E-state index contributed by atoms with van der Waals surface area (Å²) in [5.74, 6) is 0. The molecule has 0 amide bonds. The molecule has 1 aromatic heterocycles. The number of alkyl halides is 3. The van der Waals surface area contributed by atoms with Gasteiger partial charge >= 0.3 is 6.18 Å². The Morgan fingerprint density at radius 3 is 2.58 bits per heavy atom. The van der Waals surface area contributed by atoms with Gasteiger partial charge in [0.25, 0.3) is 0 Å². The van der Waals surface area contributed by atoms with Gasteiger partial charge in [-0.3, -0.25) is 0 Å². The molecule has 1 aromatic carbocycles. The van der Waals surface area contributed by atoms with Gasteiger partial charge < -0.3 is 0 Å². The lowest BCUT2D eigenvalue weighted by molar-refractivity contribution is -0.141. The van der Waals surface area contributed by atoms with Crippen LogP contribution in [0, 0.1) is 6.92 Å². The van der Waals surface area contributed by atoms with Crippen LogP contribution in [-0.4, -0.2) is 24.3 Å². The molecule has 1 fully saturated rings. The first-order valence-corrected chi connectivity index (χ1v) is 9.59. The van der Waals surface area contributed by atoms with Crippen molar-refractivity contribution < 1.29 is 21.6 Å². The lowest BCUT2D eigenvalue weighted by Crippen LogP contribution is -2.27. The van der Waals surface area contributed by atoms with Crippen LogP contribution in [0.2, 0.25) is 0 Å². The highest BCUT2D eigenvalue weighted by molar-refractivity contribution is 7.89. The van der Waals surface area contributed by atoms with E-state index in [4.69, 9.17) is 0 Å². The van der Waals surface area contributed by atoms with Gasteiger partial charge in [0.1, 0.15) is 5.25 Å². The molecule has 0 N–H and O–H groups in total. The minimum Gasteiger partial charge on any atom is -0.237 e. The fourth-order valence-electron chi connectivity index (χ4n) is 2.85. The molecule has 1 aliphatic heterocycles. The van der Waals surface area contributed by atoms with E-state index in [1.54, 1.807) is 30.3 Å². The Morgan fingerprint density at radius 2 is 1.96 bits per heavy atom. The summed E-state index contributed by atoms with van der Waals surface area (Å²) in [6.45, 7) is 1.40. The number of sulfonamides is 1. The highest BCUT2D eigenvalue weighted by Gasteiger charge is 2.42. The van der Waals surface area contributed by atoms with Crippen LogP contribution >= 0.6 is 11.3 Å². The molecule has 1 unspecified atom stereocenters. The second-order valence-corrected chi connectivity index (χ2v) is 8.97. The minimum atomic E-state index is -4.58. The summed E-state index contributed by atoms with van der Waals surface area (Å²) in [5.41, 5.74) is -0.320. The maximum Gasteiger partial charge on any atom is 0.434 e. The number of benzene rings is 1. The summed E-state index contributed by atoms with van der Waals surface area (Å²) >= 11 is 0.889. The monoisotopic (exact) mass is 376 g/mol. The van der Waals surface area contributed by atoms with Gasteiger partial charge in [-0.2, -0.15) is 17.5 Å². The predicted molar refractivity (Wildman–Crippen MR) is 85.0 cm³/mol. The average Bonchev–Trinajstić information content (AvgIpc) is 3.01. The van der Waals surface area contributed by atoms with E-state index >= 15 is 0 Å². The van der Waals surface area contributed by atoms with Crippen molar-refractivity contribution in [3.05, 3.63) is 51.5 Å². The van der Waals surface area contributed by atoms with Crippen LogP contribution in [0.25, 0.3) is 0 Å². The molecule has 9 heteroatoms. The Bertz CT molecular complexity index is 832. The molecular weight excluding hydrogens is 361 g/mol. The Balaban J connectivity index is 1.88. The molecule has 0 spiro atoms. The fraction of sp³-hybridized carbons (Fsp3) is 0.400. The number of rotatable bonds is 3. The van der Waals surface area contributed by atoms with Crippen molar-refractivity contribution in [2.45, 2.75) is 31.3 Å².